The van der Waals surface area contributed by atoms with Crippen LogP contribution in [0.25, 0.3) is 11.2 Å². The van der Waals surface area contributed by atoms with Gasteiger partial charge in [0.25, 0.3) is 0 Å². The van der Waals surface area contributed by atoms with E-state index >= 15 is 0 Å². The number of rotatable bonds is 5. The standard InChI is InChI=1S/C16H16FN5O2/c1-23-11-5-3-2-4-10(11)8-18-14-13-15(21-16(17)20-14)22(9-19-13)12-6-7-24-12/h2-5,9,12H,6-8H2,1H3,(H,18,20,21). The molecule has 0 bridgehead atoms. The van der Waals surface area contributed by atoms with E-state index in [4.69, 9.17) is 9.47 Å². The number of halogens is 1. The number of benzene rings is 1. The van der Waals surface area contributed by atoms with Crippen LogP contribution in [0.3, 0.4) is 0 Å². The zero-order valence-electron chi connectivity index (χ0n) is 13.1. The Morgan fingerprint density at radius 3 is 2.96 bits per heavy atom. The number of aromatic nitrogens is 4. The molecule has 1 N–H and O–H groups in total. The van der Waals surface area contributed by atoms with Crippen LogP contribution in [-0.4, -0.2) is 33.2 Å². The first-order chi connectivity index (χ1) is 11.8. The van der Waals surface area contributed by atoms with Crippen LogP contribution in [0.4, 0.5) is 10.2 Å². The minimum atomic E-state index is -0.800. The van der Waals surface area contributed by atoms with Gasteiger partial charge in [-0.15, -0.1) is 0 Å². The molecule has 4 rings (SSSR count). The Hall–Kier alpha value is -2.74. The second kappa shape index (κ2) is 6.04. The van der Waals surface area contributed by atoms with Crippen LogP contribution in [0.2, 0.25) is 0 Å². The van der Waals surface area contributed by atoms with Crippen LogP contribution >= 0.6 is 0 Å². The quantitative estimate of drug-likeness (QED) is 0.725. The fourth-order valence-corrected chi connectivity index (χ4v) is 2.69. The minimum Gasteiger partial charge on any atom is -0.496 e. The van der Waals surface area contributed by atoms with E-state index in [0.29, 0.717) is 30.1 Å². The SMILES string of the molecule is COc1ccccc1CNc1nc(F)nc2c1ncn2C1CCO1. The average Bonchev–Trinajstić information content (AvgIpc) is 2.95. The Morgan fingerprint density at radius 1 is 1.38 bits per heavy atom. The van der Waals surface area contributed by atoms with Crippen molar-refractivity contribution in [2.24, 2.45) is 0 Å². The molecule has 0 amide bonds. The topological polar surface area (TPSA) is 74.1 Å². The highest BCUT2D eigenvalue weighted by Crippen LogP contribution is 2.29. The number of hydrogen-bond donors (Lipinski definition) is 1. The molecule has 1 atom stereocenters. The van der Waals surface area contributed by atoms with Crippen molar-refractivity contribution in [1.82, 2.24) is 19.5 Å². The maximum absolute atomic E-state index is 13.8. The average molecular weight is 329 g/mol. The summed E-state index contributed by atoms with van der Waals surface area (Å²) in [6, 6.07) is 7.61. The van der Waals surface area contributed by atoms with Crippen LogP contribution in [-0.2, 0) is 11.3 Å². The lowest BCUT2D eigenvalue weighted by atomic mass is 10.2. The molecular formula is C16H16FN5O2. The van der Waals surface area contributed by atoms with E-state index in [9.17, 15) is 4.39 Å². The Balaban J connectivity index is 1.65. The Morgan fingerprint density at radius 2 is 2.21 bits per heavy atom. The molecule has 124 valence electrons. The number of ether oxygens (including phenoxy) is 2. The molecule has 1 unspecified atom stereocenters. The summed E-state index contributed by atoms with van der Waals surface area (Å²) in [5.74, 6) is 1.10. The van der Waals surface area contributed by atoms with E-state index in [1.807, 2.05) is 24.3 Å². The molecule has 1 aliphatic rings. The summed E-state index contributed by atoms with van der Waals surface area (Å²) in [6.45, 7) is 1.12. The third kappa shape index (κ3) is 2.54. The van der Waals surface area contributed by atoms with Crippen LogP contribution < -0.4 is 10.1 Å². The van der Waals surface area contributed by atoms with Gasteiger partial charge in [-0.2, -0.15) is 14.4 Å². The highest BCUT2D eigenvalue weighted by molar-refractivity contribution is 5.82. The van der Waals surface area contributed by atoms with Gasteiger partial charge in [-0.25, -0.2) is 4.98 Å². The maximum atomic E-state index is 13.8. The molecule has 0 saturated carbocycles. The minimum absolute atomic E-state index is 0.133. The number of nitrogens with one attached hydrogen (secondary N) is 1. The van der Waals surface area contributed by atoms with E-state index in [2.05, 4.69) is 20.3 Å². The summed E-state index contributed by atoms with van der Waals surface area (Å²) in [4.78, 5) is 12.0. The maximum Gasteiger partial charge on any atom is 0.312 e. The monoisotopic (exact) mass is 329 g/mol. The molecule has 0 spiro atoms. The molecule has 3 heterocycles. The summed E-state index contributed by atoms with van der Waals surface area (Å²) >= 11 is 0. The molecule has 1 fully saturated rings. The van der Waals surface area contributed by atoms with E-state index in [0.717, 1.165) is 17.7 Å². The van der Waals surface area contributed by atoms with Crippen molar-refractivity contribution in [2.45, 2.75) is 19.2 Å². The number of anilines is 1. The van der Waals surface area contributed by atoms with Gasteiger partial charge in [0.15, 0.2) is 17.0 Å². The Kier molecular flexibility index (Phi) is 3.73. The van der Waals surface area contributed by atoms with Gasteiger partial charge in [-0.05, 0) is 6.07 Å². The number of fused-ring (bicyclic) bond motifs is 1. The summed E-state index contributed by atoms with van der Waals surface area (Å²) < 4.78 is 26.3. The molecule has 1 saturated heterocycles. The molecular weight excluding hydrogens is 313 g/mol. The highest BCUT2D eigenvalue weighted by Gasteiger charge is 2.24. The van der Waals surface area contributed by atoms with Gasteiger partial charge < -0.3 is 14.8 Å². The fourth-order valence-electron chi connectivity index (χ4n) is 2.69. The first-order valence-electron chi connectivity index (χ1n) is 7.63. The summed E-state index contributed by atoms with van der Waals surface area (Å²) in [6.07, 6.45) is 1.54. The van der Waals surface area contributed by atoms with Crippen molar-refractivity contribution >= 4 is 17.0 Å². The number of imidazole rings is 1. The van der Waals surface area contributed by atoms with Gasteiger partial charge in [0.2, 0.25) is 0 Å². The van der Waals surface area contributed by atoms with Gasteiger partial charge in [-0.3, -0.25) is 4.57 Å². The van der Waals surface area contributed by atoms with Crippen LogP contribution in [0.15, 0.2) is 30.6 Å². The molecule has 1 aromatic carbocycles. The summed E-state index contributed by atoms with van der Waals surface area (Å²) in [7, 11) is 1.61. The molecule has 7 nitrogen and oxygen atoms in total. The zero-order valence-corrected chi connectivity index (χ0v) is 13.1. The lowest BCUT2D eigenvalue weighted by Gasteiger charge is -2.27. The molecule has 1 aliphatic heterocycles. The van der Waals surface area contributed by atoms with Crippen molar-refractivity contribution in [3.63, 3.8) is 0 Å². The Labute approximate surface area is 137 Å². The van der Waals surface area contributed by atoms with E-state index < -0.39 is 6.08 Å². The first-order valence-corrected chi connectivity index (χ1v) is 7.63. The summed E-state index contributed by atoms with van der Waals surface area (Å²) in [5, 5.41) is 3.12. The van der Waals surface area contributed by atoms with Crippen LogP contribution in [0, 0.1) is 6.08 Å². The van der Waals surface area contributed by atoms with Crippen molar-refractivity contribution < 1.29 is 13.9 Å². The Bertz CT molecular complexity index is 878. The van der Waals surface area contributed by atoms with Gasteiger partial charge in [0.1, 0.15) is 12.0 Å². The molecule has 24 heavy (non-hydrogen) atoms. The van der Waals surface area contributed by atoms with Crippen LogP contribution in [0.5, 0.6) is 5.75 Å². The molecule has 8 heteroatoms. The predicted molar refractivity (Wildman–Crippen MR) is 85.2 cm³/mol. The van der Waals surface area contributed by atoms with Gasteiger partial charge in [0.05, 0.1) is 20.0 Å². The molecule has 0 radical (unpaired) electrons. The lowest BCUT2D eigenvalue weighted by molar-refractivity contribution is -0.0974. The molecule has 0 aliphatic carbocycles. The number of methoxy groups -OCH3 is 1. The largest absolute Gasteiger partial charge is 0.496 e. The zero-order chi connectivity index (χ0) is 16.5. The van der Waals surface area contributed by atoms with Crippen LogP contribution in [0.1, 0.15) is 18.2 Å². The first kappa shape index (κ1) is 14.8. The van der Waals surface area contributed by atoms with Gasteiger partial charge >= 0.3 is 6.08 Å². The van der Waals surface area contributed by atoms with Crippen molar-refractivity contribution in [2.75, 3.05) is 19.0 Å². The summed E-state index contributed by atoms with van der Waals surface area (Å²) in [5.41, 5.74) is 1.88. The van der Waals surface area contributed by atoms with Crippen molar-refractivity contribution in [3.05, 3.63) is 42.2 Å². The van der Waals surface area contributed by atoms with E-state index in [1.165, 1.54) is 0 Å². The number of hydrogen-bond acceptors (Lipinski definition) is 6. The predicted octanol–water partition coefficient (Wildman–Crippen LogP) is 2.51. The number of para-hydroxylation sites is 1. The van der Waals surface area contributed by atoms with E-state index in [1.54, 1.807) is 18.0 Å². The third-order valence-corrected chi connectivity index (χ3v) is 4.02. The lowest BCUT2D eigenvalue weighted by Crippen LogP contribution is -2.24. The van der Waals surface area contributed by atoms with Crippen molar-refractivity contribution in [3.8, 4) is 5.75 Å². The second-order valence-corrected chi connectivity index (χ2v) is 5.44. The highest BCUT2D eigenvalue weighted by atomic mass is 19.1. The van der Waals surface area contributed by atoms with E-state index in [-0.39, 0.29) is 6.23 Å². The smallest absolute Gasteiger partial charge is 0.312 e. The second-order valence-electron chi connectivity index (χ2n) is 5.44. The van der Waals surface area contributed by atoms with Gasteiger partial charge in [-0.1, -0.05) is 18.2 Å². The normalized spacial score (nSPS) is 16.8. The molecule has 2 aromatic heterocycles. The van der Waals surface area contributed by atoms with Crippen molar-refractivity contribution in [1.29, 1.82) is 0 Å². The number of nitrogens with zero attached hydrogens (tertiary/aromatic N) is 4. The fraction of sp³-hybridized carbons (Fsp3) is 0.312. The molecule has 3 aromatic rings. The third-order valence-electron chi connectivity index (χ3n) is 4.02. The van der Waals surface area contributed by atoms with Gasteiger partial charge in [0, 0.05) is 18.5 Å².